The third kappa shape index (κ3) is 4.47. The van der Waals surface area contributed by atoms with Crippen molar-refractivity contribution in [3.8, 4) is 0 Å². The summed E-state index contributed by atoms with van der Waals surface area (Å²) in [6.07, 6.45) is 1.68. The minimum atomic E-state index is -4.47. The van der Waals surface area contributed by atoms with Gasteiger partial charge in [0, 0.05) is 17.3 Å². The highest BCUT2D eigenvalue weighted by Crippen LogP contribution is 2.29. The fourth-order valence-corrected chi connectivity index (χ4v) is 2.44. The zero-order chi connectivity index (χ0) is 18.6. The van der Waals surface area contributed by atoms with E-state index in [0.717, 1.165) is 17.7 Å². The second kappa shape index (κ2) is 7.39. The van der Waals surface area contributed by atoms with Gasteiger partial charge in [-0.25, -0.2) is 0 Å². The van der Waals surface area contributed by atoms with E-state index in [-0.39, 0.29) is 5.56 Å². The number of carbonyl (C=O) groups is 1. The lowest BCUT2D eigenvalue weighted by molar-refractivity contribution is -0.137. The zero-order valence-corrected chi connectivity index (χ0v) is 13.6. The van der Waals surface area contributed by atoms with Gasteiger partial charge in [-0.1, -0.05) is 42.5 Å². The van der Waals surface area contributed by atoms with Crippen LogP contribution in [0.5, 0.6) is 0 Å². The molecule has 26 heavy (non-hydrogen) atoms. The number of carbonyl (C=O) groups excluding carboxylic acids is 1. The van der Waals surface area contributed by atoms with Gasteiger partial charge in [0.1, 0.15) is 0 Å². The van der Waals surface area contributed by atoms with Crippen LogP contribution in [0.1, 0.15) is 27.0 Å². The molecule has 6 heteroatoms. The summed E-state index contributed by atoms with van der Waals surface area (Å²) >= 11 is 0. The second-order valence-electron chi connectivity index (χ2n) is 5.73. The Labute approximate surface area is 148 Å². The number of alkyl halides is 3. The molecular weight excluding hydrogens is 341 g/mol. The molecule has 0 saturated heterocycles. The van der Waals surface area contributed by atoms with Gasteiger partial charge in [0.05, 0.1) is 18.3 Å². The molecular formula is C20H15F3N2O. The summed E-state index contributed by atoms with van der Waals surface area (Å²) in [5.74, 6) is -0.494. The van der Waals surface area contributed by atoms with Crippen molar-refractivity contribution < 1.29 is 18.0 Å². The van der Waals surface area contributed by atoms with Crippen LogP contribution in [0, 0.1) is 0 Å². The van der Waals surface area contributed by atoms with Gasteiger partial charge in [-0.3, -0.25) is 9.48 Å². The maximum absolute atomic E-state index is 12.7. The van der Waals surface area contributed by atoms with Gasteiger partial charge in [-0.15, -0.1) is 0 Å². The Morgan fingerprint density at radius 1 is 1.08 bits per heavy atom. The first-order valence-corrected chi connectivity index (χ1v) is 7.88. The summed E-state index contributed by atoms with van der Waals surface area (Å²) in [5, 5.41) is 4.21. The predicted octanol–water partition coefficient (Wildman–Crippen LogP) is 4.85. The van der Waals surface area contributed by atoms with Crippen LogP contribution >= 0.6 is 0 Å². The molecule has 1 heterocycles. The Bertz CT molecular complexity index is 927. The van der Waals surface area contributed by atoms with Crippen LogP contribution in [0.2, 0.25) is 0 Å². The first-order chi connectivity index (χ1) is 12.4. The second-order valence-corrected chi connectivity index (χ2v) is 5.73. The van der Waals surface area contributed by atoms with Gasteiger partial charge in [-0.2, -0.15) is 18.3 Å². The van der Waals surface area contributed by atoms with E-state index in [1.54, 1.807) is 17.1 Å². The third-order valence-corrected chi connectivity index (χ3v) is 3.74. The standard InChI is InChI=1S/C20H15F3N2O/c21-20(22,23)18-8-4-7-17(11-18)19(26)10-9-16-12-24-25(14-16)13-15-5-2-1-3-6-15/h1-12,14H,13H2/b10-9-. The molecule has 0 aliphatic carbocycles. The van der Waals surface area contributed by atoms with Crippen molar-refractivity contribution in [2.24, 2.45) is 0 Å². The highest BCUT2D eigenvalue weighted by molar-refractivity contribution is 6.06. The van der Waals surface area contributed by atoms with E-state index >= 15 is 0 Å². The summed E-state index contributed by atoms with van der Waals surface area (Å²) in [4.78, 5) is 12.1. The molecule has 0 radical (unpaired) electrons. The van der Waals surface area contributed by atoms with Crippen molar-refractivity contribution in [1.29, 1.82) is 0 Å². The maximum Gasteiger partial charge on any atom is 0.416 e. The van der Waals surface area contributed by atoms with Crippen LogP contribution in [-0.2, 0) is 12.7 Å². The quantitative estimate of drug-likeness (QED) is 0.484. The molecule has 3 rings (SSSR count). The number of halogens is 3. The van der Waals surface area contributed by atoms with Crippen LogP contribution in [0.4, 0.5) is 13.2 Å². The predicted molar refractivity (Wildman–Crippen MR) is 92.6 cm³/mol. The Balaban J connectivity index is 1.69. The molecule has 3 nitrogen and oxygen atoms in total. The Hall–Kier alpha value is -3.15. The highest BCUT2D eigenvalue weighted by Gasteiger charge is 2.30. The van der Waals surface area contributed by atoms with E-state index in [1.165, 1.54) is 24.3 Å². The molecule has 2 aromatic carbocycles. The van der Waals surface area contributed by atoms with Crippen molar-refractivity contribution in [1.82, 2.24) is 9.78 Å². The molecule has 0 N–H and O–H groups in total. The van der Waals surface area contributed by atoms with E-state index in [2.05, 4.69) is 5.10 Å². The van der Waals surface area contributed by atoms with Crippen molar-refractivity contribution in [3.63, 3.8) is 0 Å². The first-order valence-electron chi connectivity index (χ1n) is 7.88. The number of rotatable bonds is 5. The van der Waals surface area contributed by atoms with Gasteiger partial charge >= 0.3 is 6.18 Å². The van der Waals surface area contributed by atoms with E-state index in [4.69, 9.17) is 0 Å². The topological polar surface area (TPSA) is 34.9 Å². The van der Waals surface area contributed by atoms with Crippen molar-refractivity contribution in [3.05, 3.63) is 95.3 Å². The number of hydrogen-bond acceptors (Lipinski definition) is 2. The van der Waals surface area contributed by atoms with Gasteiger partial charge in [0.25, 0.3) is 0 Å². The first kappa shape index (κ1) is 17.7. The SMILES string of the molecule is O=C(/C=C\c1cnn(Cc2ccccc2)c1)c1cccc(C(F)(F)F)c1. The molecule has 0 saturated carbocycles. The van der Waals surface area contributed by atoms with Crippen molar-refractivity contribution >= 4 is 11.9 Å². The summed E-state index contributed by atoms with van der Waals surface area (Å²) in [7, 11) is 0. The Morgan fingerprint density at radius 2 is 1.85 bits per heavy atom. The number of nitrogens with zero attached hydrogens (tertiary/aromatic N) is 2. The molecule has 0 bridgehead atoms. The average Bonchev–Trinajstić information content (AvgIpc) is 3.07. The summed E-state index contributed by atoms with van der Waals surface area (Å²) in [5.41, 5.74) is 0.938. The molecule has 0 unspecified atom stereocenters. The van der Waals surface area contributed by atoms with E-state index in [0.29, 0.717) is 12.1 Å². The molecule has 0 amide bonds. The number of benzene rings is 2. The van der Waals surface area contributed by atoms with Gasteiger partial charge in [0.2, 0.25) is 0 Å². The van der Waals surface area contributed by atoms with Crippen molar-refractivity contribution in [2.45, 2.75) is 12.7 Å². The normalized spacial score (nSPS) is 11.8. The van der Waals surface area contributed by atoms with Crippen LogP contribution in [0.25, 0.3) is 6.08 Å². The van der Waals surface area contributed by atoms with Crippen LogP contribution in [0.15, 0.2) is 73.1 Å². The van der Waals surface area contributed by atoms with Crippen LogP contribution < -0.4 is 0 Å². The summed E-state index contributed by atoms with van der Waals surface area (Å²) in [6, 6.07) is 14.1. The lowest BCUT2D eigenvalue weighted by Gasteiger charge is -2.06. The summed E-state index contributed by atoms with van der Waals surface area (Å²) in [6.45, 7) is 0.594. The largest absolute Gasteiger partial charge is 0.416 e. The lowest BCUT2D eigenvalue weighted by atomic mass is 10.1. The lowest BCUT2D eigenvalue weighted by Crippen LogP contribution is -2.06. The van der Waals surface area contributed by atoms with Crippen LogP contribution in [0.3, 0.4) is 0 Å². The highest BCUT2D eigenvalue weighted by atomic mass is 19.4. The number of hydrogen-bond donors (Lipinski definition) is 0. The zero-order valence-electron chi connectivity index (χ0n) is 13.6. The van der Waals surface area contributed by atoms with Crippen LogP contribution in [-0.4, -0.2) is 15.6 Å². The molecule has 1 aromatic heterocycles. The fraction of sp³-hybridized carbons (Fsp3) is 0.100. The smallest absolute Gasteiger partial charge is 0.289 e. The van der Waals surface area contributed by atoms with E-state index < -0.39 is 17.5 Å². The molecule has 3 aromatic rings. The molecule has 0 aliphatic heterocycles. The number of ketones is 1. The van der Waals surface area contributed by atoms with E-state index in [9.17, 15) is 18.0 Å². The maximum atomic E-state index is 12.7. The fourth-order valence-electron chi connectivity index (χ4n) is 2.44. The summed E-state index contributed by atoms with van der Waals surface area (Å²) < 4.78 is 39.9. The molecule has 132 valence electrons. The molecule has 0 atom stereocenters. The monoisotopic (exact) mass is 356 g/mol. The molecule has 0 fully saturated rings. The van der Waals surface area contributed by atoms with E-state index in [1.807, 2.05) is 30.3 Å². The third-order valence-electron chi connectivity index (χ3n) is 3.74. The number of allylic oxidation sites excluding steroid dienone is 1. The minimum absolute atomic E-state index is 0.00671. The van der Waals surface area contributed by atoms with Crippen molar-refractivity contribution in [2.75, 3.05) is 0 Å². The number of aromatic nitrogens is 2. The molecule has 0 aliphatic rings. The van der Waals surface area contributed by atoms with Gasteiger partial charge < -0.3 is 0 Å². The Kier molecular flexibility index (Phi) is 5.02. The average molecular weight is 356 g/mol. The van der Waals surface area contributed by atoms with Gasteiger partial charge in [0.15, 0.2) is 5.78 Å². The van der Waals surface area contributed by atoms with Gasteiger partial charge in [-0.05, 0) is 29.8 Å². The Morgan fingerprint density at radius 3 is 2.58 bits per heavy atom. The molecule has 0 spiro atoms. The minimum Gasteiger partial charge on any atom is -0.289 e.